The monoisotopic (exact) mass is 400 g/mol. The Morgan fingerprint density at radius 2 is 1.67 bits per heavy atom. The minimum Gasteiger partial charge on any atom is -0.426 e. The molecule has 8 heteroatoms. The van der Waals surface area contributed by atoms with Crippen LogP contribution in [0.15, 0.2) is 18.2 Å². The zero-order valence-corrected chi connectivity index (χ0v) is 17.4. The lowest BCUT2D eigenvalue weighted by Gasteiger charge is -2.16. The maximum atomic E-state index is 12.4. The van der Waals surface area contributed by atoms with E-state index in [1.54, 1.807) is 26.0 Å². The van der Waals surface area contributed by atoms with Gasteiger partial charge >= 0.3 is 13.8 Å². The Labute approximate surface area is 161 Å². The molecule has 0 spiro atoms. The zero-order chi connectivity index (χ0) is 20.3. The first-order valence-corrected chi connectivity index (χ1v) is 10.6. The Bertz CT molecular complexity index is 662. The van der Waals surface area contributed by atoms with Crippen molar-refractivity contribution in [2.75, 3.05) is 19.8 Å². The molecule has 0 N–H and O–H groups in total. The maximum Gasteiger partial charge on any atom is 0.474 e. The second-order valence-corrected chi connectivity index (χ2v) is 7.61. The molecule has 1 aromatic rings. The highest BCUT2D eigenvalue weighted by molar-refractivity contribution is 7.48. The predicted molar refractivity (Wildman–Crippen MR) is 102 cm³/mol. The first-order valence-electron chi connectivity index (χ1n) is 9.17. The Kier molecular flexibility index (Phi) is 10.5. The number of phosphoric acid groups is 1. The van der Waals surface area contributed by atoms with Crippen molar-refractivity contribution in [3.63, 3.8) is 0 Å². The van der Waals surface area contributed by atoms with Gasteiger partial charge in [-0.15, -0.1) is 0 Å². The second kappa shape index (κ2) is 12.0. The molecule has 0 aliphatic rings. The van der Waals surface area contributed by atoms with Crippen molar-refractivity contribution in [1.82, 2.24) is 0 Å². The van der Waals surface area contributed by atoms with Crippen LogP contribution < -0.4 is 4.74 Å². The van der Waals surface area contributed by atoms with Crippen molar-refractivity contribution in [3.05, 3.63) is 29.3 Å². The van der Waals surface area contributed by atoms with Crippen molar-refractivity contribution in [1.29, 1.82) is 0 Å². The van der Waals surface area contributed by atoms with Gasteiger partial charge in [-0.25, -0.2) is 4.57 Å². The Morgan fingerprint density at radius 3 is 2.26 bits per heavy atom. The van der Waals surface area contributed by atoms with Crippen LogP contribution in [0, 0.1) is 6.92 Å². The number of esters is 1. The minimum absolute atomic E-state index is 0.0820. The number of phosphoric ester groups is 1. The van der Waals surface area contributed by atoms with Crippen LogP contribution in [-0.2, 0) is 22.9 Å². The number of ketones is 1. The summed E-state index contributed by atoms with van der Waals surface area (Å²) in [6.07, 6.45) is 2.32. The van der Waals surface area contributed by atoms with Crippen LogP contribution in [0.3, 0.4) is 0 Å². The molecular formula is C19H29O7P. The Morgan fingerprint density at radius 1 is 1.00 bits per heavy atom. The normalized spacial score (nSPS) is 11.4. The lowest BCUT2D eigenvalue weighted by molar-refractivity contribution is -0.131. The second-order valence-electron chi connectivity index (χ2n) is 5.94. The van der Waals surface area contributed by atoms with Crippen molar-refractivity contribution >= 4 is 19.6 Å². The minimum atomic E-state index is -3.48. The highest BCUT2D eigenvalue weighted by Crippen LogP contribution is 2.49. The van der Waals surface area contributed by atoms with Crippen LogP contribution in [0.1, 0.15) is 62.4 Å². The van der Waals surface area contributed by atoms with E-state index in [1.807, 2.05) is 13.0 Å². The lowest BCUT2D eigenvalue weighted by atomic mass is 10.0. The van der Waals surface area contributed by atoms with Gasteiger partial charge in [-0.1, -0.05) is 12.5 Å². The SMILES string of the molecule is CCOP(=O)(OCC)OCCCCCC(=O)c1ccc(C)cc1OC(C)=O. The fourth-order valence-electron chi connectivity index (χ4n) is 2.40. The van der Waals surface area contributed by atoms with Gasteiger partial charge in [-0.2, -0.15) is 0 Å². The van der Waals surface area contributed by atoms with Gasteiger partial charge in [0, 0.05) is 13.3 Å². The predicted octanol–water partition coefficient (Wildman–Crippen LogP) is 4.86. The van der Waals surface area contributed by atoms with Crippen LogP contribution in [0.2, 0.25) is 0 Å². The number of Topliss-reactive ketones (excluding diaryl/α,β-unsaturated/α-hetero) is 1. The van der Waals surface area contributed by atoms with E-state index in [2.05, 4.69) is 0 Å². The van der Waals surface area contributed by atoms with Gasteiger partial charge in [0.2, 0.25) is 0 Å². The van der Waals surface area contributed by atoms with E-state index >= 15 is 0 Å². The van der Waals surface area contributed by atoms with E-state index in [-0.39, 0.29) is 25.6 Å². The third-order valence-electron chi connectivity index (χ3n) is 3.56. The van der Waals surface area contributed by atoms with Gasteiger partial charge in [0.25, 0.3) is 0 Å². The molecule has 27 heavy (non-hydrogen) atoms. The molecule has 0 saturated carbocycles. The van der Waals surface area contributed by atoms with E-state index in [9.17, 15) is 14.2 Å². The van der Waals surface area contributed by atoms with E-state index in [0.29, 0.717) is 30.6 Å². The van der Waals surface area contributed by atoms with Crippen molar-refractivity contribution < 1.29 is 32.5 Å². The number of hydrogen-bond acceptors (Lipinski definition) is 7. The third-order valence-corrected chi connectivity index (χ3v) is 5.21. The summed E-state index contributed by atoms with van der Waals surface area (Å²) < 4.78 is 32.6. The van der Waals surface area contributed by atoms with Gasteiger partial charge in [-0.3, -0.25) is 23.2 Å². The summed E-state index contributed by atoms with van der Waals surface area (Å²) >= 11 is 0. The van der Waals surface area contributed by atoms with Gasteiger partial charge in [-0.05, 0) is 51.3 Å². The fraction of sp³-hybridized carbons (Fsp3) is 0.579. The van der Waals surface area contributed by atoms with Crippen LogP contribution in [0.5, 0.6) is 5.75 Å². The third kappa shape index (κ3) is 8.80. The molecule has 0 unspecified atom stereocenters. The number of carbonyl (C=O) groups is 2. The summed E-state index contributed by atoms with van der Waals surface area (Å²) in [5.41, 5.74) is 1.32. The van der Waals surface area contributed by atoms with Crippen LogP contribution in [0.4, 0.5) is 0 Å². The quantitative estimate of drug-likeness (QED) is 0.154. The average molecular weight is 400 g/mol. The van der Waals surface area contributed by atoms with E-state index in [4.69, 9.17) is 18.3 Å². The van der Waals surface area contributed by atoms with Crippen molar-refractivity contribution in [2.45, 2.75) is 53.4 Å². The van der Waals surface area contributed by atoms with Crippen molar-refractivity contribution in [2.24, 2.45) is 0 Å². The number of hydrogen-bond donors (Lipinski definition) is 0. The zero-order valence-electron chi connectivity index (χ0n) is 16.5. The molecule has 152 valence electrons. The van der Waals surface area contributed by atoms with Crippen LogP contribution in [0.25, 0.3) is 0 Å². The van der Waals surface area contributed by atoms with Crippen LogP contribution >= 0.6 is 7.82 Å². The molecule has 0 fully saturated rings. The van der Waals surface area contributed by atoms with Gasteiger partial charge < -0.3 is 4.74 Å². The molecule has 0 amide bonds. The summed E-state index contributed by atoms with van der Waals surface area (Å²) in [6.45, 7) is 7.32. The summed E-state index contributed by atoms with van der Waals surface area (Å²) in [6, 6.07) is 5.17. The van der Waals surface area contributed by atoms with E-state index < -0.39 is 13.8 Å². The molecule has 0 aromatic heterocycles. The summed E-state index contributed by atoms with van der Waals surface area (Å²) in [4.78, 5) is 23.6. The first kappa shape index (κ1) is 23.5. The van der Waals surface area contributed by atoms with Crippen molar-refractivity contribution in [3.8, 4) is 5.75 Å². The topological polar surface area (TPSA) is 88.1 Å². The average Bonchev–Trinajstić information content (AvgIpc) is 2.57. The number of ether oxygens (including phenoxy) is 1. The van der Waals surface area contributed by atoms with Crippen LogP contribution in [-0.4, -0.2) is 31.6 Å². The number of aryl methyl sites for hydroxylation is 1. The highest BCUT2D eigenvalue weighted by Gasteiger charge is 2.24. The molecule has 0 atom stereocenters. The molecular weight excluding hydrogens is 371 g/mol. The Hall–Kier alpha value is -1.53. The largest absolute Gasteiger partial charge is 0.474 e. The molecule has 0 radical (unpaired) electrons. The highest BCUT2D eigenvalue weighted by atomic mass is 31.2. The smallest absolute Gasteiger partial charge is 0.426 e. The molecule has 7 nitrogen and oxygen atoms in total. The number of carbonyl (C=O) groups excluding carboxylic acids is 2. The van der Waals surface area contributed by atoms with Gasteiger partial charge in [0.05, 0.1) is 25.4 Å². The Balaban J connectivity index is 2.44. The lowest BCUT2D eigenvalue weighted by Crippen LogP contribution is -2.08. The molecule has 1 aromatic carbocycles. The number of unbranched alkanes of at least 4 members (excludes halogenated alkanes) is 2. The summed E-state index contributed by atoms with van der Waals surface area (Å²) in [7, 11) is -3.48. The number of benzene rings is 1. The van der Waals surface area contributed by atoms with E-state index in [1.165, 1.54) is 6.92 Å². The maximum absolute atomic E-state index is 12.4. The molecule has 1 rings (SSSR count). The molecule has 0 saturated heterocycles. The number of rotatable bonds is 13. The van der Waals surface area contributed by atoms with Gasteiger partial charge in [0.15, 0.2) is 5.78 Å². The summed E-state index contributed by atoms with van der Waals surface area (Å²) in [5, 5.41) is 0. The summed E-state index contributed by atoms with van der Waals surface area (Å²) in [5.74, 6) is -0.244. The van der Waals surface area contributed by atoms with Gasteiger partial charge in [0.1, 0.15) is 5.75 Å². The molecule has 0 aliphatic carbocycles. The molecule has 0 bridgehead atoms. The first-order chi connectivity index (χ1) is 12.8. The van der Waals surface area contributed by atoms with E-state index in [0.717, 1.165) is 12.0 Å². The molecule has 0 heterocycles. The fourth-order valence-corrected chi connectivity index (χ4v) is 3.61. The standard InChI is InChI=1S/C19H29O7P/c1-5-23-27(22,24-6-2)25-13-9-7-8-10-18(21)17-12-11-15(3)14-19(17)26-16(4)20/h11-12,14H,5-10,13H2,1-4H3. The molecule has 0 aliphatic heterocycles.